The number of methoxy groups -OCH3 is 1. The van der Waals surface area contributed by atoms with E-state index in [1.165, 1.54) is 12.1 Å². The standard InChI is InChI=1S/C24H25IN2O4S/c1-31-23-12-6-5-8-19(23)9-7-17-26-24(28)18-27(21-15-13-20(25)14-16-21)32(29,30)22-10-3-2-4-11-22/h2-6,8,10-16H,7,9,17-18H2,1H3,(H,26,28). The molecule has 0 unspecified atom stereocenters. The summed E-state index contributed by atoms with van der Waals surface area (Å²) in [4.78, 5) is 12.8. The molecule has 0 radical (unpaired) electrons. The fourth-order valence-corrected chi connectivity index (χ4v) is 5.05. The molecule has 3 rings (SSSR count). The van der Waals surface area contributed by atoms with Crippen molar-refractivity contribution in [3.05, 3.63) is 88.0 Å². The van der Waals surface area contributed by atoms with Crippen LogP contribution in [0.25, 0.3) is 0 Å². The third kappa shape index (κ3) is 6.23. The third-order valence-electron chi connectivity index (χ3n) is 4.87. The lowest BCUT2D eigenvalue weighted by Gasteiger charge is -2.24. The van der Waals surface area contributed by atoms with Crippen LogP contribution < -0.4 is 14.4 Å². The van der Waals surface area contributed by atoms with Gasteiger partial charge < -0.3 is 10.1 Å². The number of nitrogens with zero attached hydrogens (tertiary/aromatic N) is 1. The highest BCUT2D eigenvalue weighted by Gasteiger charge is 2.26. The summed E-state index contributed by atoms with van der Waals surface area (Å²) in [5, 5.41) is 2.84. The zero-order valence-corrected chi connectivity index (χ0v) is 20.7. The Kier molecular flexibility index (Phi) is 8.52. The highest BCUT2D eigenvalue weighted by molar-refractivity contribution is 14.1. The zero-order valence-electron chi connectivity index (χ0n) is 17.7. The van der Waals surface area contributed by atoms with Crippen LogP contribution in [0.3, 0.4) is 0 Å². The number of benzene rings is 3. The van der Waals surface area contributed by atoms with Crippen LogP contribution in [-0.4, -0.2) is 34.5 Å². The highest BCUT2D eigenvalue weighted by Crippen LogP contribution is 2.24. The molecule has 0 aliphatic heterocycles. The van der Waals surface area contributed by atoms with Crippen LogP contribution in [0.1, 0.15) is 12.0 Å². The Bertz CT molecular complexity index is 1140. The molecule has 0 aliphatic rings. The Morgan fingerprint density at radius 2 is 1.62 bits per heavy atom. The predicted molar refractivity (Wildman–Crippen MR) is 134 cm³/mol. The summed E-state index contributed by atoms with van der Waals surface area (Å²) in [6.07, 6.45) is 1.45. The van der Waals surface area contributed by atoms with E-state index >= 15 is 0 Å². The molecule has 0 aliphatic carbocycles. The number of halogens is 1. The van der Waals surface area contributed by atoms with Crippen molar-refractivity contribution < 1.29 is 17.9 Å². The molecule has 0 bridgehead atoms. The Hall–Kier alpha value is -2.59. The summed E-state index contributed by atoms with van der Waals surface area (Å²) in [5.74, 6) is 0.459. The first-order valence-electron chi connectivity index (χ1n) is 10.1. The number of carbonyl (C=O) groups excluding carboxylic acids is 1. The molecule has 3 aromatic carbocycles. The molecule has 1 amide bonds. The van der Waals surface area contributed by atoms with Crippen LogP contribution in [0.4, 0.5) is 5.69 Å². The van der Waals surface area contributed by atoms with Gasteiger partial charge in [-0.15, -0.1) is 0 Å². The van der Waals surface area contributed by atoms with Crippen LogP contribution >= 0.6 is 22.6 Å². The van der Waals surface area contributed by atoms with Crippen molar-refractivity contribution in [2.75, 3.05) is 24.5 Å². The van der Waals surface area contributed by atoms with Gasteiger partial charge in [-0.2, -0.15) is 0 Å². The van der Waals surface area contributed by atoms with Crippen molar-refractivity contribution in [3.63, 3.8) is 0 Å². The SMILES string of the molecule is COc1ccccc1CCCNC(=O)CN(c1ccc(I)cc1)S(=O)(=O)c1ccccc1. The maximum atomic E-state index is 13.3. The predicted octanol–water partition coefficient (Wildman–Crippen LogP) is 4.24. The van der Waals surface area contributed by atoms with Gasteiger partial charge in [0.15, 0.2) is 0 Å². The van der Waals surface area contributed by atoms with Crippen molar-refractivity contribution in [1.82, 2.24) is 5.32 Å². The number of rotatable bonds is 10. The molecule has 168 valence electrons. The highest BCUT2D eigenvalue weighted by atomic mass is 127. The largest absolute Gasteiger partial charge is 0.496 e. The first-order valence-corrected chi connectivity index (χ1v) is 12.7. The van der Waals surface area contributed by atoms with Gasteiger partial charge in [0, 0.05) is 10.1 Å². The second-order valence-corrected chi connectivity index (χ2v) is 10.2. The van der Waals surface area contributed by atoms with Crippen LogP contribution in [0.2, 0.25) is 0 Å². The second kappa shape index (κ2) is 11.3. The molecular formula is C24H25IN2O4S. The summed E-state index contributed by atoms with van der Waals surface area (Å²) in [7, 11) is -2.26. The Labute approximate surface area is 202 Å². The fraction of sp³-hybridized carbons (Fsp3) is 0.208. The summed E-state index contributed by atoms with van der Waals surface area (Å²) in [6, 6.07) is 22.9. The summed E-state index contributed by atoms with van der Waals surface area (Å²) in [5.41, 5.74) is 1.51. The number of para-hydroxylation sites is 1. The van der Waals surface area contributed by atoms with E-state index in [1.807, 2.05) is 36.4 Å². The van der Waals surface area contributed by atoms with Gasteiger partial charge in [0.2, 0.25) is 5.91 Å². The maximum Gasteiger partial charge on any atom is 0.264 e. The normalized spacial score (nSPS) is 11.1. The molecule has 0 heterocycles. The monoisotopic (exact) mass is 564 g/mol. The number of aryl methyl sites for hydroxylation is 1. The number of ether oxygens (including phenoxy) is 1. The first kappa shape index (κ1) is 24.1. The van der Waals surface area contributed by atoms with Crippen molar-refractivity contribution in [3.8, 4) is 5.75 Å². The number of carbonyl (C=O) groups is 1. The smallest absolute Gasteiger partial charge is 0.264 e. The summed E-state index contributed by atoms with van der Waals surface area (Å²) in [6.45, 7) is 0.134. The molecule has 0 atom stereocenters. The van der Waals surface area contributed by atoms with E-state index in [9.17, 15) is 13.2 Å². The molecule has 0 aromatic heterocycles. The molecule has 0 spiro atoms. The van der Waals surface area contributed by atoms with Crippen LogP contribution in [-0.2, 0) is 21.2 Å². The van der Waals surface area contributed by atoms with E-state index in [-0.39, 0.29) is 17.3 Å². The molecule has 8 heteroatoms. The van der Waals surface area contributed by atoms with Gasteiger partial charge >= 0.3 is 0 Å². The first-order chi connectivity index (χ1) is 15.4. The average molecular weight is 564 g/mol. The molecule has 0 saturated heterocycles. The van der Waals surface area contributed by atoms with Gasteiger partial charge in [-0.25, -0.2) is 8.42 Å². The van der Waals surface area contributed by atoms with Gasteiger partial charge in [-0.3, -0.25) is 9.10 Å². The van der Waals surface area contributed by atoms with Crippen molar-refractivity contribution in [2.45, 2.75) is 17.7 Å². The van der Waals surface area contributed by atoms with Crippen LogP contribution in [0.5, 0.6) is 5.75 Å². The minimum absolute atomic E-state index is 0.141. The van der Waals surface area contributed by atoms with E-state index in [0.29, 0.717) is 18.7 Å². The molecule has 0 saturated carbocycles. The van der Waals surface area contributed by atoms with Gasteiger partial charge in [-0.05, 0) is 83.5 Å². The minimum atomic E-state index is -3.89. The van der Waals surface area contributed by atoms with Gasteiger partial charge in [-0.1, -0.05) is 36.4 Å². The van der Waals surface area contributed by atoms with E-state index < -0.39 is 10.0 Å². The molecular weight excluding hydrogens is 539 g/mol. The molecule has 6 nitrogen and oxygen atoms in total. The molecule has 3 aromatic rings. The summed E-state index contributed by atoms with van der Waals surface area (Å²) >= 11 is 2.15. The number of hydrogen-bond acceptors (Lipinski definition) is 4. The third-order valence-corrected chi connectivity index (χ3v) is 7.38. The lowest BCUT2D eigenvalue weighted by Crippen LogP contribution is -2.41. The van der Waals surface area contributed by atoms with E-state index in [4.69, 9.17) is 4.74 Å². The van der Waals surface area contributed by atoms with E-state index in [2.05, 4.69) is 27.9 Å². The summed E-state index contributed by atoms with van der Waals surface area (Å²) < 4.78 is 34.0. The van der Waals surface area contributed by atoms with Crippen LogP contribution in [0, 0.1) is 3.57 Å². The lowest BCUT2D eigenvalue weighted by atomic mass is 10.1. The zero-order chi connectivity index (χ0) is 23.0. The quantitative estimate of drug-likeness (QED) is 0.295. The Morgan fingerprint density at radius 1 is 0.969 bits per heavy atom. The maximum absolute atomic E-state index is 13.3. The van der Waals surface area contributed by atoms with Crippen LogP contribution in [0.15, 0.2) is 83.8 Å². The van der Waals surface area contributed by atoms with Crippen molar-refractivity contribution in [1.29, 1.82) is 0 Å². The Morgan fingerprint density at radius 3 is 2.31 bits per heavy atom. The van der Waals surface area contributed by atoms with E-state index in [1.54, 1.807) is 37.4 Å². The Balaban J connectivity index is 1.68. The fourth-order valence-electron chi connectivity index (χ4n) is 3.24. The van der Waals surface area contributed by atoms with E-state index in [0.717, 1.165) is 25.6 Å². The van der Waals surface area contributed by atoms with Gasteiger partial charge in [0.25, 0.3) is 10.0 Å². The molecule has 1 N–H and O–H groups in total. The minimum Gasteiger partial charge on any atom is -0.496 e. The van der Waals surface area contributed by atoms with Crippen molar-refractivity contribution >= 4 is 44.2 Å². The molecule has 0 fully saturated rings. The number of nitrogens with one attached hydrogen (secondary N) is 1. The number of anilines is 1. The van der Waals surface area contributed by atoms with Gasteiger partial charge in [0.05, 0.1) is 17.7 Å². The number of sulfonamides is 1. The second-order valence-electron chi connectivity index (χ2n) is 7.07. The van der Waals surface area contributed by atoms with Gasteiger partial charge in [0.1, 0.15) is 12.3 Å². The number of amides is 1. The topological polar surface area (TPSA) is 75.7 Å². The average Bonchev–Trinajstić information content (AvgIpc) is 2.81. The van der Waals surface area contributed by atoms with Crippen molar-refractivity contribution in [2.24, 2.45) is 0 Å². The molecule has 32 heavy (non-hydrogen) atoms. The number of hydrogen-bond donors (Lipinski definition) is 1. The lowest BCUT2D eigenvalue weighted by molar-refractivity contribution is -0.119.